The topological polar surface area (TPSA) is 9.23 Å². The van der Waals surface area contributed by atoms with Crippen LogP contribution in [0.2, 0.25) is 0 Å². The first-order valence-electron chi connectivity index (χ1n) is 12.8. The molecule has 0 bridgehead atoms. The molecule has 0 aromatic heterocycles. The average molecular weight is 441 g/mol. The van der Waals surface area contributed by atoms with E-state index >= 15 is 4.39 Å². The molecule has 0 radical (unpaired) electrons. The van der Waals surface area contributed by atoms with E-state index in [1.165, 1.54) is 57.4 Å². The Labute approximate surface area is 192 Å². The molecule has 2 saturated carbocycles. The van der Waals surface area contributed by atoms with Gasteiger partial charge in [-0.3, -0.25) is 0 Å². The third-order valence-corrected chi connectivity index (χ3v) is 7.97. The quantitative estimate of drug-likeness (QED) is 0.294. The summed E-state index contributed by atoms with van der Waals surface area (Å²) in [6.45, 7) is 4.56. The van der Waals surface area contributed by atoms with Crippen LogP contribution >= 0.6 is 0 Å². The number of unbranched alkanes of at least 4 members (excludes halogenated alkanes) is 2. The maximum absolute atomic E-state index is 15.5. The summed E-state index contributed by atoms with van der Waals surface area (Å²) in [6.07, 6.45) is 16.4. The molecule has 2 aromatic rings. The summed E-state index contributed by atoms with van der Waals surface area (Å²) in [6, 6.07) is 6.82. The molecule has 0 N–H and O–H groups in total. The highest BCUT2D eigenvalue weighted by Gasteiger charge is 2.36. The zero-order valence-corrected chi connectivity index (χ0v) is 19.7. The minimum Gasteiger partial charge on any atom is -0.489 e. The lowest BCUT2D eigenvalue weighted by Gasteiger charge is -2.42. The van der Waals surface area contributed by atoms with Gasteiger partial charge in [0, 0.05) is 6.07 Å². The lowest BCUT2D eigenvalue weighted by Crippen LogP contribution is -2.30. The predicted molar refractivity (Wildman–Crippen MR) is 129 cm³/mol. The molecule has 174 valence electrons. The van der Waals surface area contributed by atoms with E-state index in [0.717, 1.165) is 24.7 Å². The molecule has 3 heteroatoms. The zero-order chi connectivity index (χ0) is 22.5. The van der Waals surface area contributed by atoms with E-state index < -0.39 is 5.82 Å². The van der Waals surface area contributed by atoms with Gasteiger partial charge in [-0.2, -0.15) is 0 Å². The Bertz CT molecular complexity index is 934. The number of hydrogen-bond donors (Lipinski definition) is 0. The molecular formula is C29H38F2O. The largest absolute Gasteiger partial charge is 0.489 e. The molecule has 4 rings (SSSR count). The normalized spacial score (nSPS) is 25.9. The Morgan fingerprint density at radius 3 is 2.62 bits per heavy atom. The Morgan fingerprint density at radius 1 is 1.00 bits per heavy atom. The average Bonchev–Trinajstić information content (AvgIpc) is 2.79. The van der Waals surface area contributed by atoms with Crippen molar-refractivity contribution in [2.75, 3.05) is 6.61 Å². The molecule has 2 fully saturated rings. The second kappa shape index (κ2) is 10.8. The summed E-state index contributed by atoms with van der Waals surface area (Å²) in [5.41, 5.74) is 0.711. The minimum atomic E-state index is -0.529. The number of halogens is 2. The van der Waals surface area contributed by atoms with Crippen molar-refractivity contribution >= 4 is 10.8 Å². The Balaban J connectivity index is 1.46. The molecule has 0 aliphatic heterocycles. The van der Waals surface area contributed by atoms with Crippen molar-refractivity contribution in [2.24, 2.45) is 17.8 Å². The summed E-state index contributed by atoms with van der Waals surface area (Å²) in [7, 11) is 0. The van der Waals surface area contributed by atoms with Crippen molar-refractivity contribution in [3.05, 3.63) is 53.6 Å². The molecule has 4 unspecified atom stereocenters. The Morgan fingerprint density at radius 2 is 1.81 bits per heavy atom. The zero-order valence-electron chi connectivity index (χ0n) is 19.7. The molecule has 4 atom stereocenters. The van der Waals surface area contributed by atoms with Crippen LogP contribution in [0.25, 0.3) is 10.8 Å². The summed E-state index contributed by atoms with van der Waals surface area (Å²) in [5.74, 6) is 2.17. The second-order valence-corrected chi connectivity index (χ2v) is 10.1. The smallest absolute Gasteiger partial charge is 0.137 e. The number of fused-ring (bicyclic) bond motifs is 2. The molecule has 0 spiro atoms. The summed E-state index contributed by atoms with van der Waals surface area (Å²) in [4.78, 5) is 0. The van der Waals surface area contributed by atoms with Crippen LogP contribution in [-0.2, 0) is 0 Å². The van der Waals surface area contributed by atoms with Crippen molar-refractivity contribution in [3.8, 4) is 5.75 Å². The van der Waals surface area contributed by atoms with E-state index in [0.29, 0.717) is 29.2 Å². The molecule has 0 saturated heterocycles. The first kappa shape index (κ1) is 23.3. The molecule has 32 heavy (non-hydrogen) atoms. The van der Waals surface area contributed by atoms with Crippen molar-refractivity contribution in [3.63, 3.8) is 0 Å². The van der Waals surface area contributed by atoms with Gasteiger partial charge in [-0.05, 0) is 79.7 Å². The van der Waals surface area contributed by atoms with E-state index in [1.807, 2.05) is 31.2 Å². The summed E-state index contributed by atoms with van der Waals surface area (Å²) in [5, 5.41) is 0.686. The van der Waals surface area contributed by atoms with Crippen molar-refractivity contribution < 1.29 is 13.5 Å². The van der Waals surface area contributed by atoms with Crippen LogP contribution in [0.5, 0.6) is 5.75 Å². The lowest BCUT2D eigenvalue weighted by molar-refractivity contribution is 0.112. The van der Waals surface area contributed by atoms with Crippen molar-refractivity contribution in [2.45, 2.75) is 84.0 Å². The van der Waals surface area contributed by atoms with Gasteiger partial charge in [0.05, 0.1) is 5.39 Å². The number of benzene rings is 2. The highest BCUT2D eigenvalue weighted by atomic mass is 19.1. The number of rotatable bonds is 8. The third kappa shape index (κ3) is 5.18. The standard InChI is InChI=1S/C29H38F2O/c1-3-5-7-8-20-9-10-22-17-23(12-11-21(22)16-20)26-14-13-24-18-25(32-15-6-4-2)19-27(30)28(24)29(26)31/h4,6,13-14,18-23H,3,5,7-12,15-17H2,1-2H3/b6-4+. The van der Waals surface area contributed by atoms with Gasteiger partial charge >= 0.3 is 0 Å². The first-order chi connectivity index (χ1) is 15.6. The Kier molecular flexibility index (Phi) is 7.86. The van der Waals surface area contributed by atoms with Gasteiger partial charge in [-0.25, -0.2) is 8.78 Å². The fourth-order valence-corrected chi connectivity index (χ4v) is 6.22. The van der Waals surface area contributed by atoms with Gasteiger partial charge in [0.1, 0.15) is 24.0 Å². The molecule has 0 heterocycles. The van der Waals surface area contributed by atoms with Crippen LogP contribution in [0.4, 0.5) is 8.78 Å². The second-order valence-electron chi connectivity index (χ2n) is 10.1. The number of hydrogen-bond acceptors (Lipinski definition) is 1. The van der Waals surface area contributed by atoms with E-state index in [1.54, 1.807) is 6.07 Å². The van der Waals surface area contributed by atoms with Crippen LogP contribution in [0.1, 0.15) is 89.5 Å². The van der Waals surface area contributed by atoms with E-state index in [2.05, 4.69) is 6.92 Å². The lowest BCUT2D eigenvalue weighted by atomic mass is 9.63. The van der Waals surface area contributed by atoms with Crippen molar-refractivity contribution in [1.82, 2.24) is 0 Å². The summed E-state index contributed by atoms with van der Waals surface area (Å²) < 4.78 is 36.0. The van der Waals surface area contributed by atoms with Gasteiger partial charge < -0.3 is 4.74 Å². The van der Waals surface area contributed by atoms with Gasteiger partial charge in [-0.15, -0.1) is 0 Å². The summed E-state index contributed by atoms with van der Waals surface area (Å²) >= 11 is 0. The maximum Gasteiger partial charge on any atom is 0.137 e. The maximum atomic E-state index is 15.5. The SMILES string of the molecule is C/C=C/COc1cc(F)c2c(F)c(C3CCC4CC(CCCCC)CCC4C3)ccc2c1. The molecule has 2 aromatic carbocycles. The molecule has 1 nitrogen and oxygen atoms in total. The monoisotopic (exact) mass is 440 g/mol. The van der Waals surface area contributed by atoms with Crippen LogP contribution in [0.15, 0.2) is 36.4 Å². The van der Waals surface area contributed by atoms with Gasteiger partial charge in [0.2, 0.25) is 0 Å². The molecular weight excluding hydrogens is 402 g/mol. The van der Waals surface area contributed by atoms with E-state index in [4.69, 9.17) is 4.74 Å². The fourth-order valence-electron chi connectivity index (χ4n) is 6.22. The van der Waals surface area contributed by atoms with Gasteiger partial charge in [0.15, 0.2) is 0 Å². The van der Waals surface area contributed by atoms with Gasteiger partial charge in [-0.1, -0.05) is 63.3 Å². The number of allylic oxidation sites excluding steroid dienone is 1. The predicted octanol–water partition coefficient (Wildman–Crippen LogP) is 8.95. The molecule has 0 amide bonds. The highest BCUT2D eigenvalue weighted by molar-refractivity contribution is 5.86. The first-order valence-corrected chi connectivity index (χ1v) is 12.8. The van der Waals surface area contributed by atoms with E-state index in [9.17, 15) is 4.39 Å². The van der Waals surface area contributed by atoms with Gasteiger partial charge in [0.25, 0.3) is 0 Å². The Hall–Kier alpha value is -1.90. The minimum absolute atomic E-state index is 0.114. The molecule has 2 aliphatic carbocycles. The highest BCUT2D eigenvalue weighted by Crippen LogP contribution is 2.49. The molecule has 2 aliphatic rings. The van der Waals surface area contributed by atoms with Crippen molar-refractivity contribution in [1.29, 1.82) is 0 Å². The van der Waals surface area contributed by atoms with Crippen LogP contribution in [0, 0.1) is 29.4 Å². The van der Waals surface area contributed by atoms with Crippen LogP contribution in [0.3, 0.4) is 0 Å². The van der Waals surface area contributed by atoms with E-state index in [-0.39, 0.29) is 17.1 Å². The van der Waals surface area contributed by atoms with Crippen LogP contribution in [-0.4, -0.2) is 6.61 Å². The fraction of sp³-hybridized carbons (Fsp3) is 0.586. The number of ether oxygens (including phenoxy) is 1. The third-order valence-electron chi connectivity index (χ3n) is 7.97. The van der Waals surface area contributed by atoms with Crippen LogP contribution < -0.4 is 4.74 Å².